The molecule has 0 bridgehead atoms. The second kappa shape index (κ2) is 4.35. The van der Waals surface area contributed by atoms with E-state index >= 15 is 0 Å². The standard InChI is InChI=1S/C8H8F3NS2/c1-13-14-7-3-2-5(4-6(7)12)8(9,10)11/h2-4H,12H2,1H3. The van der Waals surface area contributed by atoms with Crippen LogP contribution in [0.1, 0.15) is 5.56 Å². The monoisotopic (exact) mass is 239 g/mol. The quantitative estimate of drug-likeness (QED) is 0.630. The van der Waals surface area contributed by atoms with E-state index in [0.29, 0.717) is 4.90 Å². The molecule has 0 aliphatic heterocycles. The molecule has 0 radical (unpaired) electrons. The van der Waals surface area contributed by atoms with E-state index in [0.717, 1.165) is 12.1 Å². The molecule has 0 amide bonds. The molecule has 14 heavy (non-hydrogen) atoms. The highest BCUT2D eigenvalue weighted by molar-refractivity contribution is 8.76. The highest BCUT2D eigenvalue weighted by atomic mass is 33.1. The molecule has 0 saturated heterocycles. The van der Waals surface area contributed by atoms with Gasteiger partial charge in [-0.3, -0.25) is 0 Å². The smallest absolute Gasteiger partial charge is 0.398 e. The Morgan fingerprint density at radius 1 is 1.29 bits per heavy atom. The van der Waals surface area contributed by atoms with Gasteiger partial charge >= 0.3 is 6.18 Å². The van der Waals surface area contributed by atoms with Crippen molar-refractivity contribution in [3.8, 4) is 0 Å². The Balaban J connectivity index is 3.01. The highest BCUT2D eigenvalue weighted by Crippen LogP contribution is 2.37. The van der Waals surface area contributed by atoms with E-state index in [1.807, 2.05) is 6.26 Å². The molecule has 78 valence electrons. The van der Waals surface area contributed by atoms with Crippen molar-refractivity contribution in [3.05, 3.63) is 23.8 Å². The Kier molecular flexibility index (Phi) is 3.60. The first-order chi connectivity index (χ1) is 6.45. The number of rotatable bonds is 2. The summed E-state index contributed by atoms with van der Waals surface area (Å²) in [5.41, 5.74) is 4.93. The maximum atomic E-state index is 12.2. The number of alkyl halides is 3. The minimum atomic E-state index is -4.32. The zero-order valence-electron chi connectivity index (χ0n) is 7.26. The number of halogens is 3. The first-order valence-electron chi connectivity index (χ1n) is 3.62. The van der Waals surface area contributed by atoms with Crippen molar-refractivity contribution in [1.29, 1.82) is 0 Å². The van der Waals surface area contributed by atoms with Gasteiger partial charge in [0.1, 0.15) is 0 Å². The van der Waals surface area contributed by atoms with Crippen molar-refractivity contribution >= 4 is 27.3 Å². The van der Waals surface area contributed by atoms with Gasteiger partial charge in [-0.25, -0.2) is 0 Å². The van der Waals surface area contributed by atoms with E-state index in [9.17, 15) is 13.2 Å². The second-order valence-electron chi connectivity index (χ2n) is 2.50. The van der Waals surface area contributed by atoms with Gasteiger partial charge in [-0.1, -0.05) is 21.6 Å². The van der Waals surface area contributed by atoms with Crippen molar-refractivity contribution < 1.29 is 13.2 Å². The van der Waals surface area contributed by atoms with Crippen LogP contribution in [0.15, 0.2) is 23.1 Å². The summed E-state index contributed by atoms with van der Waals surface area (Å²) in [6, 6.07) is 3.38. The molecule has 1 aromatic carbocycles. The van der Waals surface area contributed by atoms with E-state index in [4.69, 9.17) is 5.73 Å². The van der Waals surface area contributed by atoms with Crippen LogP contribution in [0.4, 0.5) is 18.9 Å². The molecule has 0 unspecified atom stereocenters. The molecule has 6 heteroatoms. The first kappa shape index (κ1) is 11.6. The summed E-state index contributed by atoms with van der Waals surface area (Å²) < 4.78 is 36.7. The summed E-state index contributed by atoms with van der Waals surface area (Å²) in [6.07, 6.45) is -2.49. The number of nitrogen functional groups attached to an aromatic ring is 1. The lowest BCUT2D eigenvalue weighted by molar-refractivity contribution is -0.137. The van der Waals surface area contributed by atoms with Crippen LogP contribution >= 0.6 is 21.6 Å². The molecule has 0 spiro atoms. The molecule has 1 nitrogen and oxygen atoms in total. The Morgan fingerprint density at radius 3 is 2.36 bits per heavy atom. The molecule has 0 fully saturated rings. The van der Waals surface area contributed by atoms with Gasteiger partial charge < -0.3 is 5.73 Å². The zero-order chi connectivity index (χ0) is 10.8. The van der Waals surface area contributed by atoms with Crippen molar-refractivity contribution in [2.75, 3.05) is 12.0 Å². The molecular formula is C8H8F3NS2. The van der Waals surface area contributed by atoms with Gasteiger partial charge in [0.2, 0.25) is 0 Å². The van der Waals surface area contributed by atoms with Crippen LogP contribution in [0.3, 0.4) is 0 Å². The lowest BCUT2D eigenvalue weighted by Crippen LogP contribution is -2.05. The van der Waals surface area contributed by atoms with Crippen molar-refractivity contribution in [3.63, 3.8) is 0 Å². The van der Waals surface area contributed by atoms with Gasteiger partial charge in [-0.2, -0.15) is 13.2 Å². The maximum absolute atomic E-state index is 12.2. The number of anilines is 1. The van der Waals surface area contributed by atoms with Crippen LogP contribution in [0, 0.1) is 0 Å². The molecule has 0 aromatic heterocycles. The molecule has 0 saturated carbocycles. The van der Waals surface area contributed by atoms with E-state index in [1.165, 1.54) is 27.7 Å². The predicted molar refractivity (Wildman–Crippen MR) is 55.2 cm³/mol. The lowest BCUT2D eigenvalue weighted by Gasteiger charge is -2.09. The number of hydrogen-bond donors (Lipinski definition) is 1. The molecule has 2 N–H and O–H groups in total. The minimum absolute atomic E-state index is 0.166. The minimum Gasteiger partial charge on any atom is -0.398 e. The third-order valence-electron chi connectivity index (χ3n) is 1.51. The number of hydrogen-bond acceptors (Lipinski definition) is 3. The lowest BCUT2D eigenvalue weighted by atomic mass is 10.2. The van der Waals surface area contributed by atoms with Crippen LogP contribution in [0.5, 0.6) is 0 Å². The van der Waals surface area contributed by atoms with E-state index < -0.39 is 11.7 Å². The molecule has 1 aromatic rings. The zero-order valence-corrected chi connectivity index (χ0v) is 8.89. The summed E-state index contributed by atoms with van der Waals surface area (Å²) >= 11 is 0. The van der Waals surface area contributed by atoms with Crippen LogP contribution < -0.4 is 5.73 Å². The number of benzene rings is 1. The fourth-order valence-corrected chi connectivity index (χ4v) is 2.34. The Morgan fingerprint density at radius 2 is 1.93 bits per heavy atom. The van der Waals surface area contributed by atoms with Gasteiger partial charge in [0.05, 0.1) is 5.56 Å². The fraction of sp³-hybridized carbons (Fsp3) is 0.250. The van der Waals surface area contributed by atoms with E-state index in [-0.39, 0.29) is 5.69 Å². The van der Waals surface area contributed by atoms with Crippen LogP contribution in [0.25, 0.3) is 0 Å². The molecule has 0 heterocycles. The molecule has 0 aliphatic rings. The first-order valence-corrected chi connectivity index (χ1v) is 6.18. The Labute approximate surface area is 87.6 Å². The van der Waals surface area contributed by atoms with Gasteiger partial charge in [-0.15, -0.1) is 0 Å². The largest absolute Gasteiger partial charge is 0.416 e. The molecule has 0 atom stereocenters. The van der Waals surface area contributed by atoms with Crippen molar-refractivity contribution in [1.82, 2.24) is 0 Å². The SMILES string of the molecule is CSSc1ccc(C(F)(F)F)cc1N. The summed E-state index contributed by atoms with van der Waals surface area (Å²) in [5.74, 6) is 0. The van der Waals surface area contributed by atoms with Gasteiger partial charge in [0.25, 0.3) is 0 Å². The maximum Gasteiger partial charge on any atom is 0.416 e. The van der Waals surface area contributed by atoms with Gasteiger partial charge in [0, 0.05) is 10.6 Å². The summed E-state index contributed by atoms with van der Waals surface area (Å²) in [6.45, 7) is 0. The number of nitrogens with two attached hydrogens (primary N) is 1. The summed E-state index contributed by atoms with van der Waals surface area (Å²) in [4.78, 5) is 0.658. The van der Waals surface area contributed by atoms with Crippen LogP contribution in [-0.4, -0.2) is 6.26 Å². The normalized spacial score (nSPS) is 11.7. The van der Waals surface area contributed by atoms with Gasteiger partial charge in [0.15, 0.2) is 0 Å². The Hall–Kier alpha value is -0.490. The van der Waals surface area contributed by atoms with E-state index in [2.05, 4.69) is 0 Å². The third-order valence-corrected chi connectivity index (χ3v) is 3.27. The van der Waals surface area contributed by atoms with Crippen molar-refractivity contribution in [2.45, 2.75) is 11.1 Å². The second-order valence-corrected chi connectivity index (χ2v) is 4.94. The average Bonchev–Trinajstić information content (AvgIpc) is 2.07. The average molecular weight is 239 g/mol. The summed E-state index contributed by atoms with van der Waals surface area (Å²) in [7, 11) is 2.78. The van der Waals surface area contributed by atoms with Gasteiger partial charge in [-0.05, 0) is 24.5 Å². The Bertz CT molecular complexity index is 325. The topological polar surface area (TPSA) is 26.0 Å². The van der Waals surface area contributed by atoms with E-state index in [1.54, 1.807) is 0 Å². The third kappa shape index (κ3) is 2.75. The molecule has 0 aliphatic carbocycles. The molecular weight excluding hydrogens is 231 g/mol. The predicted octanol–water partition coefficient (Wildman–Crippen LogP) is 3.66. The molecule has 1 rings (SSSR count). The van der Waals surface area contributed by atoms with Crippen molar-refractivity contribution in [2.24, 2.45) is 0 Å². The van der Waals surface area contributed by atoms with Crippen LogP contribution in [0.2, 0.25) is 0 Å². The highest BCUT2D eigenvalue weighted by Gasteiger charge is 2.30. The van der Waals surface area contributed by atoms with Crippen LogP contribution in [-0.2, 0) is 6.18 Å². The summed E-state index contributed by atoms with van der Waals surface area (Å²) in [5, 5.41) is 0. The fourth-order valence-electron chi connectivity index (χ4n) is 0.890.